The van der Waals surface area contributed by atoms with Crippen molar-refractivity contribution >= 4 is 0 Å². The molecule has 0 saturated carbocycles. The lowest BCUT2D eigenvalue weighted by Crippen LogP contribution is -2.12. The first-order chi connectivity index (χ1) is 10.7. The molecule has 0 bridgehead atoms. The van der Waals surface area contributed by atoms with Gasteiger partial charge in [-0.2, -0.15) is 0 Å². The molecule has 2 rings (SSSR count). The van der Waals surface area contributed by atoms with Gasteiger partial charge in [-0.25, -0.2) is 0 Å². The number of aromatic nitrogens is 4. The van der Waals surface area contributed by atoms with Gasteiger partial charge in [0.1, 0.15) is 0 Å². The molecule has 0 N–H and O–H groups in total. The highest BCUT2D eigenvalue weighted by Crippen LogP contribution is 1.76. The quantitative estimate of drug-likeness (QED) is 0.739. The Morgan fingerprint density at radius 3 is 1.32 bits per heavy atom. The van der Waals surface area contributed by atoms with Gasteiger partial charge < -0.3 is 4.57 Å². The van der Waals surface area contributed by atoms with Crippen LogP contribution < -0.4 is 4.43 Å². The van der Waals surface area contributed by atoms with Crippen LogP contribution in [0.15, 0.2) is 49.6 Å². The molecular formula is C17H33N4O+. The van der Waals surface area contributed by atoms with Crippen LogP contribution in [0.25, 0.3) is 0 Å². The molecule has 0 aliphatic heterocycles. The summed E-state index contributed by atoms with van der Waals surface area (Å²) in [6.45, 7) is 12.4. The Hall–Kier alpha value is -2.04. The van der Waals surface area contributed by atoms with Crippen LogP contribution in [-0.2, 0) is 7.05 Å². The number of aryl methyl sites for hydroxylation is 1. The maximum atomic E-state index is 10.3. The van der Waals surface area contributed by atoms with Gasteiger partial charge in [0, 0.05) is 36.7 Å². The van der Waals surface area contributed by atoms with E-state index in [1.165, 1.54) is 25.2 Å². The Labute approximate surface area is 135 Å². The van der Waals surface area contributed by atoms with Crippen LogP contribution in [0, 0.1) is 4.91 Å². The maximum Gasteiger partial charge on any atom is 0.243 e. The molecular weight excluding hydrogens is 276 g/mol. The Balaban J connectivity index is -0.000000230. The smallest absolute Gasteiger partial charge is 0.243 e. The highest BCUT2D eigenvalue weighted by atomic mass is 16.3. The van der Waals surface area contributed by atoms with Gasteiger partial charge in [0.2, 0.25) is 12.4 Å². The number of hydrogen-bond donors (Lipinski definition) is 0. The molecule has 0 aliphatic rings. The van der Waals surface area contributed by atoms with Crippen LogP contribution in [-0.4, -0.2) is 14.5 Å². The molecule has 2 heterocycles. The largest absolute Gasteiger partial charge is 0.347 e. The molecule has 5 nitrogen and oxygen atoms in total. The lowest BCUT2D eigenvalue weighted by Gasteiger charge is -1.84. The molecule has 0 atom stereocenters. The molecule has 0 spiro atoms. The second-order valence-electron chi connectivity index (χ2n) is 3.52. The fourth-order valence-electron chi connectivity index (χ4n) is 0.694. The van der Waals surface area contributed by atoms with Gasteiger partial charge in [-0.05, 0) is 0 Å². The van der Waals surface area contributed by atoms with Crippen LogP contribution in [0.5, 0.6) is 0 Å². The number of rotatable bonds is 1. The zero-order chi connectivity index (χ0) is 17.6. The van der Waals surface area contributed by atoms with E-state index in [1.807, 2.05) is 34.7 Å². The zero-order valence-electron chi connectivity index (χ0n) is 15.2. The van der Waals surface area contributed by atoms with Crippen molar-refractivity contribution in [2.75, 3.05) is 0 Å². The lowest BCUT2D eigenvalue weighted by molar-refractivity contribution is -0.495. The molecule has 0 aliphatic carbocycles. The summed E-state index contributed by atoms with van der Waals surface area (Å²) in [6.07, 6.45) is 15.5. The predicted octanol–water partition coefficient (Wildman–Crippen LogP) is 4.28. The van der Waals surface area contributed by atoms with Gasteiger partial charge in [-0.3, -0.25) is 9.97 Å². The van der Waals surface area contributed by atoms with Gasteiger partial charge in [0.15, 0.2) is 0 Å². The Morgan fingerprint density at radius 1 is 0.818 bits per heavy atom. The van der Waals surface area contributed by atoms with Crippen LogP contribution in [0.1, 0.15) is 54.4 Å². The van der Waals surface area contributed by atoms with Gasteiger partial charge in [-0.1, -0.05) is 54.4 Å². The molecule has 0 radical (unpaired) electrons. The molecule has 0 saturated heterocycles. The third-order valence-corrected chi connectivity index (χ3v) is 1.88. The summed E-state index contributed by atoms with van der Waals surface area (Å²) in [4.78, 5) is 17.8. The second kappa shape index (κ2) is 24.0. The van der Waals surface area contributed by atoms with E-state index in [4.69, 9.17) is 0 Å². The van der Waals surface area contributed by atoms with Crippen LogP contribution in [0.3, 0.4) is 0 Å². The average molecular weight is 309 g/mol. The van der Waals surface area contributed by atoms with Crippen molar-refractivity contribution < 1.29 is 4.43 Å². The summed E-state index contributed by atoms with van der Waals surface area (Å²) in [5.74, 6) is 0. The molecule has 2 aromatic rings. The van der Waals surface area contributed by atoms with E-state index in [0.29, 0.717) is 0 Å². The summed E-state index contributed by atoms with van der Waals surface area (Å²) in [5, 5.41) is 0. The van der Waals surface area contributed by atoms with Gasteiger partial charge in [0.05, 0.1) is 16.8 Å². The third-order valence-electron chi connectivity index (χ3n) is 1.88. The minimum atomic E-state index is 0.750. The van der Waals surface area contributed by atoms with Gasteiger partial charge in [0.25, 0.3) is 0 Å². The minimum absolute atomic E-state index is 0.750. The van der Waals surface area contributed by atoms with Crippen molar-refractivity contribution in [3.63, 3.8) is 0 Å². The Bertz CT molecular complexity index is 395. The van der Waals surface area contributed by atoms with Gasteiger partial charge >= 0.3 is 0 Å². The van der Waals surface area contributed by atoms with Gasteiger partial charge in [-0.15, -0.1) is 0 Å². The van der Waals surface area contributed by atoms with E-state index in [-0.39, 0.29) is 0 Å². The van der Waals surface area contributed by atoms with Crippen molar-refractivity contribution in [2.24, 2.45) is 7.05 Å². The summed E-state index contributed by atoms with van der Waals surface area (Å²) >= 11 is 0. The second-order valence-corrected chi connectivity index (χ2v) is 3.52. The van der Waals surface area contributed by atoms with Crippen LogP contribution in [0.4, 0.5) is 0 Å². The summed E-state index contributed by atoms with van der Waals surface area (Å²) in [7, 11) is 1.86. The van der Waals surface area contributed by atoms with E-state index < -0.39 is 0 Å². The Kier molecular flexibility index (Phi) is 27.2. The lowest BCUT2D eigenvalue weighted by atomic mass is 10.4. The van der Waals surface area contributed by atoms with E-state index in [2.05, 4.69) is 23.8 Å². The van der Waals surface area contributed by atoms with Crippen molar-refractivity contribution in [1.29, 1.82) is 0 Å². The normalized spacial score (nSPS) is 7.41. The molecule has 0 fully saturated rings. The molecule has 2 aromatic heterocycles. The highest BCUT2D eigenvalue weighted by Gasteiger charge is 1.84. The Morgan fingerprint density at radius 2 is 1.14 bits per heavy atom. The number of nitrogens with zero attached hydrogens (tertiary/aromatic N) is 4. The van der Waals surface area contributed by atoms with E-state index >= 15 is 0 Å². The van der Waals surface area contributed by atoms with E-state index in [9.17, 15) is 4.91 Å². The van der Waals surface area contributed by atoms with Crippen molar-refractivity contribution in [1.82, 2.24) is 14.5 Å². The van der Waals surface area contributed by atoms with Crippen molar-refractivity contribution in [3.8, 4) is 0 Å². The predicted molar refractivity (Wildman–Crippen MR) is 94.1 cm³/mol. The zero-order valence-corrected chi connectivity index (χ0v) is 15.2. The molecule has 0 unspecified atom stereocenters. The fourth-order valence-corrected chi connectivity index (χ4v) is 0.694. The highest BCUT2D eigenvalue weighted by molar-refractivity contribution is 4.70. The minimum Gasteiger partial charge on any atom is -0.347 e. The third kappa shape index (κ3) is 23.1. The fraction of sp³-hybridized carbons (Fsp3) is 0.529. The molecule has 5 heteroatoms. The molecule has 126 valence electrons. The van der Waals surface area contributed by atoms with Crippen molar-refractivity contribution in [3.05, 3.63) is 54.5 Å². The summed E-state index contributed by atoms with van der Waals surface area (Å²) in [6, 6.07) is 0. The average Bonchev–Trinajstić information content (AvgIpc) is 2.63. The van der Waals surface area contributed by atoms with E-state index in [0.717, 1.165) is 4.43 Å². The molecule has 22 heavy (non-hydrogen) atoms. The first-order valence-corrected chi connectivity index (χ1v) is 7.94. The monoisotopic (exact) mass is 309 g/mol. The van der Waals surface area contributed by atoms with Crippen LogP contribution >= 0.6 is 0 Å². The number of hydrogen-bond acceptors (Lipinski definition) is 3. The first kappa shape index (κ1) is 24.9. The summed E-state index contributed by atoms with van der Waals surface area (Å²) in [5.41, 5.74) is 0. The SMILES string of the molecule is CC.CC.CCCC.Cn1cc[n+](=O)cc1.c1cnccn1. The maximum absolute atomic E-state index is 10.3. The molecule has 0 aromatic carbocycles. The van der Waals surface area contributed by atoms with E-state index in [1.54, 1.807) is 41.7 Å². The molecule has 0 amide bonds. The van der Waals surface area contributed by atoms with Crippen LogP contribution in [0.2, 0.25) is 0 Å². The number of unbranched alkanes of at least 4 members (excludes halogenated alkanes) is 1. The topological polar surface area (TPSA) is 53.7 Å². The standard InChI is InChI=1S/C5H7N2O.C4H4N2.C4H10.2C2H6/c1-6-2-4-7(8)5-3-6;1-2-6-4-3-5-1;1-3-4-2;2*1-2/h2-5H,1H3;1-4H;3-4H2,1-2H3;2*1-2H3/q+1;;;;. The van der Waals surface area contributed by atoms with Crippen molar-refractivity contribution in [2.45, 2.75) is 54.4 Å². The first-order valence-electron chi connectivity index (χ1n) is 7.94. The summed E-state index contributed by atoms with van der Waals surface area (Å²) < 4.78 is 2.55.